The van der Waals surface area contributed by atoms with Gasteiger partial charge in [-0.1, -0.05) is 12.1 Å². The third-order valence-electron chi connectivity index (χ3n) is 4.44. The largest absolute Gasteiger partial charge is 0.478 e. The van der Waals surface area contributed by atoms with Crippen molar-refractivity contribution >= 4 is 17.9 Å². The van der Waals surface area contributed by atoms with Crippen molar-refractivity contribution in [2.75, 3.05) is 31.1 Å². The quantitative estimate of drug-likeness (QED) is 0.873. The van der Waals surface area contributed by atoms with Crippen molar-refractivity contribution in [3.05, 3.63) is 48.2 Å². The topological polar surface area (TPSA) is 83.0 Å². The molecule has 0 aliphatic carbocycles. The predicted molar refractivity (Wildman–Crippen MR) is 107 cm³/mol. The molecule has 1 saturated heterocycles. The summed E-state index contributed by atoms with van der Waals surface area (Å²) in [4.78, 5) is 31.7. The number of hydrogen-bond acceptors (Lipinski definition) is 5. The Kier molecular flexibility index (Phi) is 5.53. The Morgan fingerprint density at radius 2 is 1.71 bits per heavy atom. The first-order valence-corrected chi connectivity index (χ1v) is 9.25. The Labute approximate surface area is 164 Å². The number of pyridine rings is 1. The van der Waals surface area contributed by atoms with Crippen LogP contribution >= 0.6 is 0 Å². The number of rotatable bonds is 3. The Morgan fingerprint density at radius 1 is 1.04 bits per heavy atom. The summed E-state index contributed by atoms with van der Waals surface area (Å²) >= 11 is 0. The van der Waals surface area contributed by atoms with E-state index < -0.39 is 11.6 Å². The van der Waals surface area contributed by atoms with E-state index in [1.807, 2.05) is 39.0 Å². The fraction of sp³-hybridized carbons (Fsp3) is 0.381. The lowest BCUT2D eigenvalue weighted by Gasteiger charge is -2.36. The zero-order valence-electron chi connectivity index (χ0n) is 16.4. The standard InChI is InChI=1S/C21H25N3O4/c1-21(2,3)28-20(27)24-11-9-23(10-12-24)18-14-16(7-8-22-18)15-5-4-6-17(13-15)19(25)26/h4-8,13-14H,9-12H2,1-3H3,(H,25,26). The molecule has 7 nitrogen and oxygen atoms in total. The van der Waals surface area contributed by atoms with Crippen molar-refractivity contribution in [2.24, 2.45) is 0 Å². The van der Waals surface area contributed by atoms with Crippen LogP contribution in [0.1, 0.15) is 31.1 Å². The zero-order valence-corrected chi connectivity index (χ0v) is 16.4. The molecule has 148 valence electrons. The fourth-order valence-electron chi connectivity index (χ4n) is 3.05. The number of anilines is 1. The van der Waals surface area contributed by atoms with Crippen molar-refractivity contribution in [2.45, 2.75) is 26.4 Å². The first kappa shape index (κ1) is 19.7. The van der Waals surface area contributed by atoms with E-state index in [0.717, 1.165) is 16.9 Å². The van der Waals surface area contributed by atoms with E-state index >= 15 is 0 Å². The Balaban J connectivity index is 1.70. The van der Waals surface area contributed by atoms with Crippen molar-refractivity contribution in [1.82, 2.24) is 9.88 Å². The maximum atomic E-state index is 12.2. The minimum absolute atomic E-state index is 0.252. The molecule has 0 radical (unpaired) electrons. The molecular formula is C21H25N3O4. The Bertz CT molecular complexity index is 868. The van der Waals surface area contributed by atoms with Crippen LogP contribution in [0.4, 0.5) is 10.6 Å². The third-order valence-corrected chi connectivity index (χ3v) is 4.44. The van der Waals surface area contributed by atoms with Gasteiger partial charge >= 0.3 is 12.1 Å². The van der Waals surface area contributed by atoms with Crippen LogP contribution in [-0.4, -0.2) is 58.8 Å². The monoisotopic (exact) mass is 383 g/mol. The second-order valence-electron chi connectivity index (χ2n) is 7.74. The molecule has 28 heavy (non-hydrogen) atoms. The van der Waals surface area contributed by atoms with Gasteiger partial charge in [0.2, 0.25) is 0 Å². The minimum atomic E-state index is -0.950. The Morgan fingerprint density at radius 3 is 2.36 bits per heavy atom. The molecule has 2 aromatic rings. The summed E-state index contributed by atoms with van der Waals surface area (Å²) in [5, 5.41) is 9.19. The van der Waals surface area contributed by atoms with Gasteiger partial charge in [-0.05, 0) is 56.2 Å². The van der Waals surface area contributed by atoms with E-state index in [0.29, 0.717) is 26.2 Å². The van der Waals surface area contributed by atoms with Crippen LogP contribution in [0, 0.1) is 0 Å². The summed E-state index contributed by atoms with van der Waals surface area (Å²) in [6, 6.07) is 10.7. The van der Waals surface area contributed by atoms with E-state index in [2.05, 4.69) is 9.88 Å². The molecule has 3 rings (SSSR count). The first-order valence-electron chi connectivity index (χ1n) is 9.25. The average molecular weight is 383 g/mol. The van der Waals surface area contributed by atoms with Crippen molar-refractivity contribution in [1.29, 1.82) is 0 Å². The summed E-state index contributed by atoms with van der Waals surface area (Å²) in [5.41, 5.74) is 1.48. The van der Waals surface area contributed by atoms with E-state index in [9.17, 15) is 14.7 Å². The van der Waals surface area contributed by atoms with E-state index in [1.54, 1.807) is 29.3 Å². The van der Waals surface area contributed by atoms with Gasteiger partial charge in [0.25, 0.3) is 0 Å². The second kappa shape index (κ2) is 7.88. The molecule has 1 aromatic heterocycles. The number of carboxylic acids is 1. The highest BCUT2D eigenvalue weighted by atomic mass is 16.6. The van der Waals surface area contributed by atoms with Gasteiger partial charge in [-0.15, -0.1) is 0 Å². The maximum absolute atomic E-state index is 12.2. The number of carbonyl (C=O) groups excluding carboxylic acids is 1. The van der Waals surface area contributed by atoms with Gasteiger partial charge in [0.15, 0.2) is 0 Å². The molecule has 1 aliphatic rings. The van der Waals surface area contributed by atoms with E-state index in [1.165, 1.54) is 0 Å². The zero-order chi connectivity index (χ0) is 20.3. The van der Waals surface area contributed by atoms with Crippen LogP contribution in [0.3, 0.4) is 0 Å². The number of carboxylic acid groups (broad SMARTS) is 1. The lowest BCUT2D eigenvalue weighted by Crippen LogP contribution is -2.50. The van der Waals surface area contributed by atoms with Gasteiger partial charge in [0, 0.05) is 32.4 Å². The normalized spacial score (nSPS) is 14.7. The lowest BCUT2D eigenvalue weighted by molar-refractivity contribution is 0.0240. The molecule has 0 unspecified atom stereocenters. The van der Waals surface area contributed by atoms with Crippen LogP contribution in [0.25, 0.3) is 11.1 Å². The summed E-state index contributed by atoms with van der Waals surface area (Å²) in [6.07, 6.45) is 1.43. The maximum Gasteiger partial charge on any atom is 0.410 e. The smallest absolute Gasteiger partial charge is 0.410 e. The number of piperazine rings is 1. The third kappa shape index (κ3) is 4.79. The van der Waals surface area contributed by atoms with Crippen LogP contribution < -0.4 is 4.90 Å². The highest BCUT2D eigenvalue weighted by Crippen LogP contribution is 2.25. The highest BCUT2D eigenvalue weighted by Gasteiger charge is 2.26. The molecule has 0 spiro atoms. The number of ether oxygens (including phenoxy) is 1. The molecule has 0 atom stereocenters. The number of aromatic nitrogens is 1. The van der Waals surface area contributed by atoms with Crippen molar-refractivity contribution < 1.29 is 19.4 Å². The molecule has 7 heteroatoms. The van der Waals surface area contributed by atoms with Crippen LogP contribution in [0.5, 0.6) is 0 Å². The van der Waals surface area contributed by atoms with Crippen LogP contribution in [0.15, 0.2) is 42.6 Å². The summed E-state index contributed by atoms with van der Waals surface area (Å²) in [5.74, 6) is -0.142. The van der Waals surface area contributed by atoms with Crippen molar-refractivity contribution in [3.8, 4) is 11.1 Å². The number of nitrogens with zero attached hydrogens (tertiary/aromatic N) is 3. The van der Waals surface area contributed by atoms with Crippen LogP contribution in [-0.2, 0) is 4.74 Å². The summed E-state index contributed by atoms with van der Waals surface area (Å²) < 4.78 is 5.43. The van der Waals surface area contributed by atoms with Gasteiger partial charge < -0.3 is 19.6 Å². The molecule has 1 N–H and O–H groups in total. The highest BCUT2D eigenvalue weighted by molar-refractivity contribution is 5.89. The number of carbonyl (C=O) groups is 2. The summed E-state index contributed by atoms with van der Waals surface area (Å²) in [6.45, 7) is 8.02. The molecule has 1 amide bonds. The molecule has 2 heterocycles. The second-order valence-corrected chi connectivity index (χ2v) is 7.74. The molecule has 0 saturated carbocycles. The van der Waals surface area contributed by atoms with Gasteiger partial charge in [0.1, 0.15) is 11.4 Å². The predicted octanol–water partition coefficient (Wildman–Crippen LogP) is 3.50. The summed E-state index contributed by atoms with van der Waals surface area (Å²) in [7, 11) is 0. The molecule has 1 fully saturated rings. The lowest BCUT2D eigenvalue weighted by atomic mass is 10.0. The SMILES string of the molecule is CC(C)(C)OC(=O)N1CCN(c2cc(-c3cccc(C(=O)O)c3)ccn2)CC1. The minimum Gasteiger partial charge on any atom is -0.478 e. The van der Waals surface area contributed by atoms with Gasteiger partial charge in [-0.25, -0.2) is 14.6 Å². The molecule has 1 aromatic carbocycles. The molecular weight excluding hydrogens is 358 g/mol. The van der Waals surface area contributed by atoms with Crippen LogP contribution in [0.2, 0.25) is 0 Å². The van der Waals surface area contributed by atoms with Crippen molar-refractivity contribution in [3.63, 3.8) is 0 Å². The number of hydrogen-bond donors (Lipinski definition) is 1. The van der Waals surface area contributed by atoms with E-state index in [4.69, 9.17) is 4.74 Å². The molecule has 0 bridgehead atoms. The van der Waals surface area contributed by atoms with E-state index in [-0.39, 0.29) is 11.7 Å². The van der Waals surface area contributed by atoms with Gasteiger partial charge in [-0.2, -0.15) is 0 Å². The van der Waals surface area contributed by atoms with Gasteiger partial charge in [0.05, 0.1) is 5.56 Å². The first-order chi connectivity index (χ1) is 13.2. The number of amides is 1. The molecule has 1 aliphatic heterocycles. The van der Waals surface area contributed by atoms with Gasteiger partial charge in [-0.3, -0.25) is 0 Å². The number of aromatic carboxylic acids is 1. The average Bonchev–Trinajstić information content (AvgIpc) is 2.67. The number of benzene rings is 1. The fourth-order valence-corrected chi connectivity index (χ4v) is 3.05. The Hall–Kier alpha value is -3.09.